The second-order valence-electron chi connectivity index (χ2n) is 4.28. The van der Waals surface area contributed by atoms with Gasteiger partial charge in [-0.25, -0.2) is 0 Å². The number of nitrogen functional groups attached to an aromatic ring is 1. The maximum absolute atomic E-state index is 5.67. The van der Waals surface area contributed by atoms with Gasteiger partial charge in [0.15, 0.2) is 5.82 Å². The quantitative estimate of drug-likeness (QED) is 0.838. The minimum Gasteiger partial charge on any atom is -0.399 e. The first-order chi connectivity index (χ1) is 8.70. The van der Waals surface area contributed by atoms with Gasteiger partial charge in [0.1, 0.15) is 0 Å². The van der Waals surface area contributed by atoms with E-state index in [-0.39, 0.29) is 0 Å². The highest BCUT2D eigenvalue weighted by molar-refractivity contribution is 5.61. The Morgan fingerprint density at radius 3 is 2.33 bits per heavy atom. The van der Waals surface area contributed by atoms with Gasteiger partial charge in [-0.3, -0.25) is 0 Å². The SMILES string of the molecule is CCCc1ccc(N(C)c2ccc(N)cc2)nn1. The number of aryl methyl sites for hydroxylation is 1. The Morgan fingerprint density at radius 2 is 1.78 bits per heavy atom. The van der Waals surface area contributed by atoms with Crippen LogP contribution in [0.4, 0.5) is 17.2 Å². The Balaban J connectivity index is 2.17. The lowest BCUT2D eigenvalue weighted by Gasteiger charge is -2.17. The molecule has 0 amide bonds. The van der Waals surface area contributed by atoms with Gasteiger partial charge in [0, 0.05) is 18.4 Å². The van der Waals surface area contributed by atoms with Gasteiger partial charge in [-0.15, -0.1) is 5.10 Å². The van der Waals surface area contributed by atoms with Crippen molar-refractivity contribution in [3.8, 4) is 0 Å². The summed E-state index contributed by atoms with van der Waals surface area (Å²) in [7, 11) is 1.97. The van der Waals surface area contributed by atoms with E-state index >= 15 is 0 Å². The summed E-state index contributed by atoms with van der Waals surface area (Å²) in [5.74, 6) is 0.833. The average Bonchev–Trinajstić information content (AvgIpc) is 2.40. The van der Waals surface area contributed by atoms with E-state index in [1.807, 2.05) is 48.3 Å². The first-order valence-electron chi connectivity index (χ1n) is 6.12. The maximum Gasteiger partial charge on any atom is 0.155 e. The molecule has 18 heavy (non-hydrogen) atoms. The normalized spacial score (nSPS) is 10.3. The van der Waals surface area contributed by atoms with Crippen LogP contribution in [0, 0.1) is 0 Å². The number of anilines is 3. The topological polar surface area (TPSA) is 55.0 Å². The van der Waals surface area contributed by atoms with E-state index in [0.717, 1.165) is 35.7 Å². The number of nitrogens with two attached hydrogens (primary N) is 1. The fraction of sp³-hybridized carbons (Fsp3) is 0.286. The molecule has 0 aliphatic heterocycles. The highest BCUT2D eigenvalue weighted by Crippen LogP contribution is 2.21. The van der Waals surface area contributed by atoms with Crippen molar-refractivity contribution < 1.29 is 0 Å². The van der Waals surface area contributed by atoms with Crippen molar-refractivity contribution in [2.24, 2.45) is 0 Å². The summed E-state index contributed by atoms with van der Waals surface area (Å²) < 4.78 is 0. The fourth-order valence-electron chi connectivity index (χ4n) is 1.75. The number of hydrogen-bond donors (Lipinski definition) is 1. The molecule has 1 aromatic heterocycles. The number of nitrogens with zero attached hydrogens (tertiary/aromatic N) is 3. The lowest BCUT2D eigenvalue weighted by atomic mass is 10.2. The summed E-state index contributed by atoms with van der Waals surface area (Å²) in [6, 6.07) is 11.7. The molecule has 94 valence electrons. The highest BCUT2D eigenvalue weighted by Gasteiger charge is 2.05. The molecule has 0 spiro atoms. The third-order valence-corrected chi connectivity index (χ3v) is 2.84. The Hall–Kier alpha value is -2.10. The van der Waals surface area contributed by atoms with E-state index in [1.54, 1.807) is 0 Å². The zero-order valence-electron chi connectivity index (χ0n) is 10.8. The molecule has 0 saturated carbocycles. The van der Waals surface area contributed by atoms with Crippen LogP contribution in [0.15, 0.2) is 36.4 Å². The highest BCUT2D eigenvalue weighted by atomic mass is 15.2. The number of benzene rings is 1. The molecule has 2 rings (SSSR count). The fourth-order valence-corrected chi connectivity index (χ4v) is 1.75. The Labute approximate surface area is 107 Å². The molecule has 2 N–H and O–H groups in total. The van der Waals surface area contributed by atoms with Crippen LogP contribution >= 0.6 is 0 Å². The van der Waals surface area contributed by atoms with E-state index in [9.17, 15) is 0 Å². The zero-order chi connectivity index (χ0) is 13.0. The summed E-state index contributed by atoms with van der Waals surface area (Å²) in [5.41, 5.74) is 8.51. The molecule has 4 nitrogen and oxygen atoms in total. The Morgan fingerprint density at radius 1 is 1.06 bits per heavy atom. The summed E-state index contributed by atoms with van der Waals surface area (Å²) in [4.78, 5) is 1.99. The van der Waals surface area contributed by atoms with E-state index in [2.05, 4.69) is 17.1 Å². The number of hydrogen-bond acceptors (Lipinski definition) is 4. The van der Waals surface area contributed by atoms with Crippen LogP contribution < -0.4 is 10.6 Å². The average molecular weight is 242 g/mol. The number of rotatable bonds is 4. The first-order valence-corrected chi connectivity index (χ1v) is 6.12. The predicted octanol–water partition coefficient (Wildman–Crippen LogP) is 2.78. The van der Waals surface area contributed by atoms with E-state index in [1.165, 1.54) is 0 Å². The molecule has 0 unspecified atom stereocenters. The van der Waals surface area contributed by atoms with Crippen LogP contribution in [0.25, 0.3) is 0 Å². The molecule has 0 radical (unpaired) electrons. The van der Waals surface area contributed by atoms with Gasteiger partial charge in [0.2, 0.25) is 0 Å². The van der Waals surface area contributed by atoms with Gasteiger partial charge >= 0.3 is 0 Å². The van der Waals surface area contributed by atoms with Gasteiger partial charge in [-0.05, 0) is 42.8 Å². The largest absolute Gasteiger partial charge is 0.399 e. The molecule has 0 saturated heterocycles. The summed E-state index contributed by atoms with van der Waals surface area (Å²) in [6.07, 6.45) is 2.06. The van der Waals surface area contributed by atoms with Crippen molar-refractivity contribution in [2.45, 2.75) is 19.8 Å². The predicted molar refractivity (Wildman–Crippen MR) is 74.9 cm³/mol. The Kier molecular flexibility index (Phi) is 3.77. The number of aromatic nitrogens is 2. The molecule has 1 heterocycles. The summed E-state index contributed by atoms with van der Waals surface area (Å²) in [6.45, 7) is 2.14. The van der Waals surface area contributed by atoms with Gasteiger partial charge in [-0.1, -0.05) is 13.3 Å². The van der Waals surface area contributed by atoms with E-state index < -0.39 is 0 Å². The smallest absolute Gasteiger partial charge is 0.155 e. The van der Waals surface area contributed by atoms with Gasteiger partial charge in [-0.2, -0.15) is 5.10 Å². The van der Waals surface area contributed by atoms with Crippen molar-refractivity contribution in [1.29, 1.82) is 0 Å². The van der Waals surface area contributed by atoms with E-state index in [0.29, 0.717) is 0 Å². The van der Waals surface area contributed by atoms with Crippen LogP contribution in [0.5, 0.6) is 0 Å². The van der Waals surface area contributed by atoms with Crippen LogP contribution in [0.3, 0.4) is 0 Å². The molecular weight excluding hydrogens is 224 g/mol. The van der Waals surface area contributed by atoms with Crippen LogP contribution in [-0.4, -0.2) is 17.2 Å². The second kappa shape index (κ2) is 5.49. The third-order valence-electron chi connectivity index (χ3n) is 2.84. The summed E-state index contributed by atoms with van der Waals surface area (Å²) in [5, 5.41) is 8.46. The minimum absolute atomic E-state index is 0.761. The van der Waals surface area contributed by atoms with Crippen LogP contribution in [0.1, 0.15) is 19.0 Å². The standard InChI is InChI=1S/C14H18N4/c1-3-4-12-7-10-14(17-16-12)18(2)13-8-5-11(15)6-9-13/h5-10H,3-4,15H2,1-2H3. The molecule has 0 aliphatic rings. The first kappa shape index (κ1) is 12.4. The summed E-state index contributed by atoms with van der Waals surface area (Å²) >= 11 is 0. The molecule has 0 aliphatic carbocycles. The van der Waals surface area contributed by atoms with Crippen molar-refractivity contribution in [3.05, 3.63) is 42.1 Å². The van der Waals surface area contributed by atoms with Crippen molar-refractivity contribution in [2.75, 3.05) is 17.7 Å². The molecular formula is C14H18N4. The minimum atomic E-state index is 0.761. The molecule has 0 fully saturated rings. The molecule has 1 aromatic carbocycles. The van der Waals surface area contributed by atoms with Crippen molar-refractivity contribution in [1.82, 2.24) is 10.2 Å². The molecule has 0 atom stereocenters. The molecule has 2 aromatic rings. The third kappa shape index (κ3) is 2.77. The van der Waals surface area contributed by atoms with Gasteiger partial charge in [0.25, 0.3) is 0 Å². The van der Waals surface area contributed by atoms with Crippen molar-refractivity contribution >= 4 is 17.2 Å². The van der Waals surface area contributed by atoms with Crippen molar-refractivity contribution in [3.63, 3.8) is 0 Å². The lowest BCUT2D eigenvalue weighted by Crippen LogP contribution is -2.12. The van der Waals surface area contributed by atoms with Crippen LogP contribution in [0.2, 0.25) is 0 Å². The Bertz CT molecular complexity index is 490. The van der Waals surface area contributed by atoms with E-state index in [4.69, 9.17) is 5.73 Å². The molecule has 0 bridgehead atoms. The lowest BCUT2D eigenvalue weighted by molar-refractivity contribution is 0.834. The second-order valence-corrected chi connectivity index (χ2v) is 4.28. The van der Waals surface area contributed by atoms with Gasteiger partial charge in [0.05, 0.1) is 5.69 Å². The van der Waals surface area contributed by atoms with Crippen LogP contribution in [-0.2, 0) is 6.42 Å². The van der Waals surface area contributed by atoms with Gasteiger partial charge < -0.3 is 10.6 Å². The zero-order valence-corrected chi connectivity index (χ0v) is 10.8. The maximum atomic E-state index is 5.67. The monoisotopic (exact) mass is 242 g/mol. The molecule has 4 heteroatoms.